The molecule has 0 spiro atoms. The number of carbonyl (C=O) groups excluding carboxylic acids is 2. The molecule has 60 heavy (non-hydrogen) atoms. The van der Waals surface area contributed by atoms with Gasteiger partial charge in [-0.15, -0.1) is 0 Å². The zero-order chi connectivity index (χ0) is 43.5. The third kappa shape index (κ3) is 15.5. The predicted molar refractivity (Wildman–Crippen MR) is 245 cm³/mol. The fourth-order valence-electron chi connectivity index (χ4n) is 5.62. The summed E-state index contributed by atoms with van der Waals surface area (Å²) < 4.78 is 21.7. The number of hydrogen-bond acceptors (Lipinski definition) is 8. The van der Waals surface area contributed by atoms with Gasteiger partial charge in [0.05, 0.1) is 11.1 Å². The first-order valence-corrected chi connectivity index (χ1v) is 20.7. The van der Waals surface area contributed by atoms with E-state index in [1.54, 1.807) is 24.3 Å². The van der Waals surface area contributed by atoms with Crippen LogP contribution in [0.25, 0.3) is 32.3 Å². The van der Waals surface area contributed by atoms with E-state index in [2.05, 4.69) is 27.7 Å². The summed E-state index contributed by atoms with van der Waals surface area (Å²) in [6.07, 6.45) is 0.696. The van der Waals surface area contributed by atoms with E-state index in [1.165, 1.54) is 12.8 Å². The number of benzene rings is 7. The van der Waals surface area contributed by atoms with Crippen LogP contribution in [0.2, 0.25) is 0 Å². The number of aliphatic hydroxyl groups excluding tert-OH is 2. The molecule has 0 amide bonds. The van der Waals surface area contributed by atoms with Crippen molar-refractivity contribution in [1.29, 1.82) is 0 Å². The Hall–Kier alpha value is -6.22. The Labute approximate surface area is 355 Å². The van der Waals surface area contributed by atoms with E-state index in [0.717, 1.165) is 32.3 Å². The van der Waals surface area contributed by atoms with Crippen molar-refractivity contribution in [3.05, 3.63) is 169 Å². The first-order chi connectivity index (χ1) is 29.3. The van der Waals surface area contributed by atoms with Crippen molar-refractivity contribution >= 4 is 44.3 Å². The Morgan fingerprint density at radius 1 is 0.433 bits per heavy atom. The van der Waals surface area contributed by atoms with E-state index < -0.39 is 24.1 Å². The Kier molecular flexibility index (Phi) is 22.0. The molecule has 0 saturated carbocycles. The maximum Gasteiger partial charge on any atom is 0.338 e. The molecule has 0 bridgehead atoms. The molecule has 7 aromatic rings. The average molecular weight is 813 g/mol. The number of esters is 2. The second-order valence-corrected chi connectivity index (χ2v) is 13.4. The summed E-state index contributed by atoms with van der Waals surface area (Å²) in [6.45, 7) is 12.4. The van der Waals surface area contributed by atoms with Gasteiger partial charge in [-0.1, -0.05) is 182 Å². The topological polar surface area (TPSA) is 112 Å². The van der Waals surface area contributed by atoms with E-state index in [9.17, 15) is 19.8 Å². The molecule has 0 fully saturated rings. The van der Waals surface area contributed by atoms with E-state index in [-0.39, 0.29) is 26.4 Å². The number of rotatable bonds is 12. The molecule has 7 aromatic carbocycles. The van der Waals surface area contributed by atoms with Gasteiger partial charge < -0.3 is 29.2 Å². The molecule has 0 heterocycles. The molecule has 316 valence electrons. The third-order valence-electron chi connectivity index (χ3n) is 8.20. The normalized spacial score (nSPS) is 11.1. The van der Waals surface area contributed by atoms with Gasteiger partial charge in [-0.05, 0) is 57.3 Å². The molecular weight excluding hydrogens is 753 g/mol. The number of fused-ring (bicyclic) bond motifs is 3. The summed E-state index contributed by atoms with van der Waals surface area (Å²) in [5.74, 6) is 0.445. The molecule has 0 aliphatic rings. The van der Waals surface area contributed by atoms with Crippen LogP contribution < -0.4 is 9.47 Å². The minimum atomic E-state index is -0.919. The van der Waals surface area contributed by atoms with Crippen molar-refractivity contribution in [3.63, 3.8) is 0 Å². The van der Waals surface area contributed by atoms with Gasteiger partial charge in [0, 0.05) is 5.39 Å². The summed E-state index contributed by atoms with van der Waals surface area (Å²) in [7, 11) is 0. The summed E-state index contributed by atoms with van der Waals surface area (Å²) in [6, 6.07) is 49.0. The highest BCUT2D eigenvalue weighted by Gasteiger charge is 2.16. The van der Waals surface area contributed by atoms with Crippen molar-refractivity contribution in [2.24, 2.45) is 0 Å². The maximum atomic E-state index is 12.4. The molecule has 2 unspecified atom stereocenters. The molecule has 0 saturated heterocycles. The fraction of sp³-hybridized carbons (Fsp3) is 0.269. The number of para-hydroxylation sites is 1. The standard InChI is InChI=1S/C24H20O4.C20H18O4.2C3H8.C2H6/c25-19(15-27-23-14-6-10-18-8-2-4-12-21(18)23)16-28-24(26)22-13-5-9-17-7-1-3-11-20(17)22;21-16(13-23-17-9-2-1-3-10-17)14-24-20(22)19-12-6-8-15-7-4-5-11-18(15)19;2*1-3-2;1-2/h1-14,19,25H,15-16H2;1-12,16,21H,13-14H2;2*3H2,1-2H3;1-2H3. The van der Waals surface area contributed by atoms with Crippen molar-refractivity contribution in [1.82, 2.24) is 0 Å². The van der Waals surface area contributed by atoms with Crippen LogP contribution in [0.1, 0.15) is 75.1 Å². The van der Waals surface area contributed by atoms with E-state index in [0.29, 0.717) is 22.6 Å². The van der Waals surface area contributed by atoms with Crippen LogP contribution in [-0.4, -0.2) is 60.8 Å². The Morgan fingerprint density at radius 3 is 1.25 bits per heavy atom. The van der Waals surface area contributed by atoms with Crippen molar-refractivity contribution < 1.29 is 38.7 Å². The van der Waals surface area contributed by atoms with Crippen molar-refractivity contribution in [2.75, 3.05) is 26.4 Å². The van der Waals surface area contributed by atoms with Crippen LogP contribution in [0, 0.1) is 0 Å². The molecule has 0 aliphatic heterocycles. The van der Waals surface area contributed by atoms with Crippen LogP contribution in [0.15, 0.2) is 158 Å². The Bertz CT molecular complexity index is 2270. The van der Waals surface area contributed by atoms with Crippen LogP contribution in [0.4, 0.5) is 0 Å². The van der Waals surface area contributed by atoms with Gasteiger partial charge in [0.2, 0.25) is 0 Å². The largest absolute Gasteiger partial charge is 0.491 e. The summed E-state index contributed by atoms with van der Waals surface area (Å²) in [5, 5.41) is 25.8. The number of ether oxygens (including phenoxy) is 4. The highest BCUT2D eigenvalue weighted by molar-refractivity contribution is 6.05. The minimum Gasteiger partial charge on any atom is -0.491 e. The lowest BCUT2D eigenvalue weighted by molar-refractivity contribution is 0.0130. The zero-order valence-corrected chi connectivity index (χ0v) is 35.8. The smallest absolute Gasteiger partial charge is 0.338 e. The fourth-order valence-corrected chi connectivity index (χ4v) is 5.62. The van der Waals surface area contributed by atoms with Gasteiger partial charge >= 0.3 is 11.9 Å². The molecule has 7 rings (SSSR count). The lowest BCUT2D eigenvalue weighted by atomic mass is 10.1. The monoisotopic (exact) mass is 812 g/mol. The molecule has 8 heteroatoms. The molecule has 0 aromatic heterocycles. The predicted octanol–water partition coefficient (Wildman–Crippen LogP) is 11.9. The van der Waals surface area contributed by atoms with Crippen LogP contribution in [-0.2, 0) is 9.47 Å². The maximum absolute atomic E-state index is 12.4. The zero-order valence-electron chi connectivity index (χ0n) is 35.8. The second kappa shape index (κ2) is 27.5. The molecular formula is C52H60O8. The Morgan fingerprint density at radius 2 is 0.783 bits per heavy atom. The lowest BCUT2D eigenvalue weighted by Crippen LogP contribution is -2.25. The number of hydrogen-bond donors (Lipinski definition) is 2. The van der Waals surface area contributed by atoms with Crippen molar-refractivity contribution in [3.8, 4) is 11.5 Å². The summed E-state index contributed by atoms with van der Waals surface area (Å²) in [5.41, 5.74) is 0.976. The van der Waals surface area contributed by atoms with Crippen LogP contribution in [0.3, 0.4) is 0 Å². The van der Waals surface area contributed by atoms with Gasteiger partial charge in [0.1, 0.15) is 50.1 Å². The molecule has 2 atom stereocenters. The van der Waals surface area contributed by atoms with Gasteiger partial charge in [-0.25, -0.2) is 9.59 Å². The third-order valence-corrected chi connectivity index (χ3v) is 8.20. The van der Waals surface area contributed by atoms with E-state index in [4.69, 9.17) is 18.9 Å². The van der Waals surface area contributed by atoms with Crippen LogP contribution in [0.5, 0.6) is 11.5 Å². The highest BCUT2D eigenvalue weighted by Crippen LogP contribution is 2.25. The van der Waals surface area contributed by atoms with E-state index in [1.807, 2.05) is 147 Å². The molecule has 0 aliphatic carbocycles. The lowest BCUT2D eigenvalue weighted by Gasteiger charge is -2.14. The van der Waals surface area contributed by atoms with Gasteiger partial charge in [-0.2, -0.15) is 0 Å². The van der Waals surface area contributed by atoms with Gasteiger partial charge in [0.25, 0.3) is 0 Å². The van der Waals surface area contributed by atoms with Gasteiger partial charge in [0.15, 0.2) is 0 Å². The minimum absolute atomic E-state index is 0.0385. The van der Waals surface area contributed by atoms with E-state index >= 15 is 0 Å². The number of carbonyl (C=O) groups is 2. The molecule has 8 nitrogen and oxygen atoms in total. The summed E-state index contributed by atoms with van der Waals surface area (Å²) >= 11 is 0. The average Bonchev–Trinajstić information content (AvgIpc) is 3.30. The van der Waals surface area contributed by atoms with Crippen molar-refractivity contribution in [2.45, 2.75) is 66.6 Å². The Balaban J connectivity index is 0.000000276. The SMILES string of the molecule is CC.CCC.CCC.O=C(OCC(O)COc1cccc2ccccc12)c1cccc2ccccc12.O=C(OCC(O)COc1ccccc1)c1cccc2ccccc12. The highest BCUT2D eigenvalue weighted by atomic mass is 16.6. The quantitative estimate of drug-likeness (QED) is 0.117. The molecule has 2 N–H and O–H groups in total. The summed E-state index contributed by atoms with van der Waals surface area (Å²) in [4.78, 5) is 24.7. The van der Waals surface area contributed by atoms with Crippen LogP contribution >= 0.6 is 0 Å². The van der Waals surface area contributed by atoms with Gasteiger partial charge in [-0.3, -0.25) is 0 Å². The first-order valence-electron chi connectivity index (χ1n) is 20.7. The first kappa shape index (κ1) is 48.2. The number of aliphatic hydroxyl groups is 2. The second-order valence-electron chi connectivity index (χ2n) is 13.4. The molecule has 0 radical (unpaired) electrons.